The van der Waals surface area contributed by atoms with Crippen LogP contribution in [0.4, 0.5) is 0 Å². The number of piperidine rings is 1. The van der Waals surface area contributed by atoms with E-state index in [1.165, 1.54) is 0 Å². The first-order valence-corrected chi connectivity index (χ1v) is 9.09. The van der Waals surface area contributed by atoms with Crippen molar-refractivity contribution >= 4 is 21.8 Å². The van der Waals surface area contributed by atoms with Crippen molar-refractivity contribution in [3.8, 4) is 0 Å². The second-order valence-corrected chi connectivity index (χ2v) is 8.10. The molecule has 0 spiro atoms. The normalized spacial score (nSPS) is 22.6. The predicted octanol–water partition coefficient (Wildman–Crippen LogP) is 3.38. The van der Waals surface area contributed by atoms with Gasteiger partial charge in [-0.3, -0.25) is 4.79 Å². The highest BCUT2D eigenvalue weighted by Gasteiger charge is 2.45. The fourth-order valence-electron chi connectivity index (χ4n) is 3.62. The van der Waals surface area contributed by atoms with Crippen molar-refractivity contribution in [3.05, 3.63) is 34.3 Å². The van der Waals surface area contributed by atoms with Crippen LogP contribution in [0.3, 0.4) is 0 Å². The zero-order chi connectivity index (χ0) is 15.6. The third-order valence-corrected chi connectivity index (χ3v) is 6.05. The van der Waals surface area contributed by atoms with Gasteiger partial charge in [-0.05, 0) is 61.9 Å². The maximum absolute atomic E-state index is 12.9. The number of amides is 1. The van der Waals surface area contributed by atoms with E-state index in [4.69, 9.17) is 0 Å². The van der Waals surface area contributed by atoms with Crippen LogP contribution >= 0.6 is 15.9 Å². The van der Waals surface area contributed by atoms with Crippen molar-refractivity contribution < 1.29 is 4.79 Å². The van der Waals surface area contributed by atoms with Crippen LogP contribution in [0.25, 0.3) is 0 Å². The van der Waals surface area contributed by atoms with Crippen molar-refractivity contribution in [3.63, 3.8) is 0 Å². The molecule has 1 amide bonds. The zero-order valence-electron chi connectivity index (χ0n) is 13.3. The third kappa shape index (κ3) is 3.09. The number of carbonyl (C=O) groups is 1. The van der Waals surface area contributed by atoms with Gasteiger partial charge in [0, 0.05) is 11.0 Å². The first-order chi connectivity index (χ1) is 10.5. The number of carbonyl (C=O) groups excluding carboxylic acids is 1. The average molecular weight is 365 g/mol. The molecule has 3 nitrogen and oxygen atoms in total. The molecule has 1 aliphatic heterocycles. The molecule has 0 atom stereocenters. The van der Waals surface area contributed by atoms with Gasteiger partial charge in [0.05, 0.1) is 5.41 Å². The van der Waals surface area contributed by atoms with Gasteiger partial charge in [-0.1, -0.05) is 41.4 Å². The Balaban J connectivity index is 1.68. The fourth-order valence-corrected chi connectivity index (χ4v) is 3.88. The molecule has 2 aliphatic rings. The number of rotatable bonds is 4. The predicted molar refractivity (Wildman–Crippen MR) is 92.9 cm³/mol. The maximum Gasteiger partial charge on any atom is 0.230 e. The summed E-state index contributed by atoms with van der Waals surface area (Å²) in [5.41, 5.74) is 1.12. The van der Waals surface area contributed by atoms with Gasteiger partial charge in [0.25, 0.3) is 0 Å². The summed E-state index contributed by atoms with van der Waals surface area (Å²) in [6.07, 6.45) is 5.36. The van der Waals surface area contributed by atoms with Crippen LogP contribution in [-0.2, 0) is 10.2 Å². The zero-order valence-corrected chi connectivity index (χ0v) is 14.8. The topological polar surface area (TPSA) is 41.1 Å². The Morgan fingerprint density at radius 3 is 2.36 bits per heavy atom. The van der Waals surface area contributed by atoms with Crippen LogP contribution in [0.15, 0.2) is 28.7 Å². The first-order valence-electron chi connectivity index (χ1n) is 8.29. The second kappa shape index (κ2) is 6.32. The van der Waals surface area contributed by atoms with Crippen molar-refractivity contribution in [1.82, 2.24) is 10.6 Å². The SMILES string of the molecule is CC1(CNC(=O)C2(c3ccc(Br)cc3)CCC2)CCNCC1. The highest BCUT2D eigenvalue weighted by Crippen LogP contribution is 2.44. The molecular weight excluding hydrogens is 340 g/mol. The molecule has 1 saturated carbocycles. The van der Waals surface area contributed by atoms with Crippen molar-refractivity contribution in [2.24, 2.45) is 5.41 Å². The van der Waals surface area contributed by atoms with Crippen LogP contribution in [0, 0.1) is 5.41 Å². The quantitative estimate of drug-likeness (QED) is 0.859. The number of nitrogens with one attached hydrogen (secondary N) is 2. The molecule has 0 radical (unpaired) electrons. The molecule has 3 rings (SSSR count). The Morgan fingerprint density at radius 2 is 1.82 bits per heavy atom. The molecule has 0 bridgehead atoms. The van der Waals surface area contributed by atoms with Crippen molar-refractivity contribution in [1.29, 1.82) is 0 Å². The van der Waals surface area contributed by atoms with E-state index in [9.17, 15) is 4.79 Å². The highest BCUT2D eigenvalue weighted by molar-refractivity contribution is 9.10. The van der Waals surface area contributed by atoms with Gasteiger partial charge < -0.3 is 10.6 Å². The minimum atomic E-state index is -0.288. The number of benzene rings is 1. The molecule has 22 heavy (non-hydrogen) atoms. The smallest absolute Gasteiger partial charge is 0.230 e. The summed E-state index contributed by atoms with van der Waals surface area (Å²) in [6, 6.07) is 8.26. The van der Waals surface area contributed by atoms with E-state index in [0.717, 1.165) is 61.8 Å². The lowest BCUT2D eigenvalue weighted by atomic mass is 9.63. The third-order valence-electron chi connectivity index (χ3n) is 5.52. The summed E-state index contributed by atoms with van der Waals surface area (Å²) in [7, 11) is 0. The maximum atomic E-state index is 12.9. The van der Waals surface area contributed by atoms with Crippen molar-refractivity contribution in [2.75, 3.05) is 19.6 Å². The van der Waals surface area contributed by atoms with E-state index < -0.39 is 0 Å². The van der Waals surface area contributed by atoms with Gasteiger partial charge >= 0.3 is 0 Å². The Hall–Kier alpha value is -0.870. The Morgan fingerprint density at radius 1 is 1.18 bits per heavy atom. The fraction of sp³-hybridized carbons (Fsp3) is 0.611. The van der Waals surface area contributed by atoms with Gasteiger partial charge in [0.15, 0.2) is 0 Å². The van der Waals surface area contributed by atoms with E-state index in [-0.39, 0.29) is 16.7 Å². The van der Waals surface area contributed by atoms with Crippen LogP contribution in [0.2, 0.25) is 0 Å². The van der Waals surface area contributed by atoms with Gasteiger partial charge in [-0.15, -0.1) is 0 Å². The van der Waals surface area contributed by atoms with Gasteiger partial charge in [-0.25, -0.2) is 0 Å². The Labute approximate surface area is 141 Å². The molecule has 120 valence electrons. The standard InChI is InChI=1S/C18H25BrN2O/c1-17(9-11-20-12-10-17)13-21-16(22)18(7-2-8-18)14-3-5-15(19)6-4-14/h3-6,20H,2,7-13H2,1H3,(H,21,22). The Bertz CT molecular complexity index is 531. The average Bonchev–Trinajstić information content (AvgIpc) is 2.47. The summed E-state index contributed by atoms with van der Waals surface area (Å²) < 4.78 is 1.06. The van der Waals surface area contributed by atoms with Crippen LogP contribution in [0.1, 0.15) is 44.6 Å². The van der Waals surface area contributed by atoms with Crippen LogP contribution in [-0.4, -0.2) is 25.5 Å². The molecule has 1 heterocycles. The molecule has 2 N–H and O–H groups in total. The molecule has 0 unspecified atom stereocenters. The molecular formula is C18H25BrN2O. The number of halogens is 1. The minimum absolute atomic E-state index is 0.223. The van der Waals surface area contributed by atoms with Gasteiger partial charge in [0.1, 0.15) is 0 Å². The van der Waals surface area contributed by atoms with E-state index in [1.54, 1.807) is 0 Å². The van der Waals surface area contributed by atoms with Crippen LogP contribution in [0.5, 0.6) is 0 Å². The summed E-state index contributed by atoms with van der Waals surface area (Å²) in [6.45, 7) is 5.21. The lowest BCUT2D eigenvalue weighted by Gasteiger charge is -2.42. The molecule has 0 aromatic heterocycles. The highest BCUT2D eigenvalue weighted by atomic mass is 79.9. The molecule has 2 fully saturated rings. The van der Waals surface area contributed by atoms with E-state index in [2.05, 4.69) is 45.6 Å². The monoisotopic (exact) mass is 364 g/mol. The summed E-state index contributed by atoms with van der Waals surface area (Å²) in [4.78, 5) is 12.9. The van der Waals surface area contributed by atoms with Gasteiger partial charge in [-0.2, -0.15) is 0 Å². The lowest BCUT2D eigenvalue weighted by Crippen LogP contribution is -2.52. The summed E-state index contributed by atoms with van der Waals surface area (Å²) in [5.74, 6) is 0.223. The Kier molecular flexibility index (Phi) is 4.60. The van der Waals surface area contributed by atoms with Crippen LogP contribution < -0.4 is 10.6 Å². The summed E-state index contributed by atoms with van der Waals surface area (Å²) >= 11 is 3.47. The number of hydrogen-bond donors (Lipinski definition) is 2. The largest absolute Gasteiger partial charge is 0.355 e. The minimum Gasteiger partial charge on any atom is -0.355 e. The number of hydrogen-bond acceptors (Lipinski definition) is 2. The van der Waals surface area contributed by atoms with E-state index >= 15 is 0 Å². The lowest BCUT2D eigenvalue weighted by molar-refractivity contribution is -0.130. The summed E-state index contributed by atoms with van der Waals surface area (Å²) in [5, 5.41) is 6.66. The second-order valence-electron chi connectivity index (χ2n) is 7.19. The molecule has 1 aromatic carbocycles. The molecule has 1 saturated heterocycles. The first kappa shape index (κ1) is 16.0. The molecule has 1 aliphatic carbocycles. The van der Waals surface area contributed by atoms with E-state index in [1.807, 2.05) is 12.1 Å². The van der Waals surface area contributed by atoms with Gasteiger partial charge in [0.2, 0.25) is 5.91 Å². The molecule has 1 aromatic rings. The molecule has 4 heteroatoms. The van der Waals surface area contributed by atoms with E-state index in [0.29, 0.717) is 0 Å². The van der Waals surface area contributed by atoms with Crippen molar-refractivity contribution in [2.45, 2.75) is 44.4 Å².